The summed E-state index contributed by atoms with van der Waals surface area (Å²) in [6.45, 7) is -0.473. The van der Waals surface area contributed by atoms with Gasteiger partial charge in [-0.1, -0.05) is 18.2 Å². The smallest absolute Gasteiger partial charge is 0.338 e. The first-order valence-corrected chi connectivity index (χ1v) is 12.0. The molecule has 1 aromatic heterocycles. The highest BCUT2D eigenvalue weighted by atomic mass is 16.7. The molecular formula is C28H24O12. The van der Waals surface area contributed by atoms with E-state index in [0.717, 1.165) is 12.1 Å². The van der Waals surface area contributed by atoms with Crippen molar-refractivity contribution < 1.29 is 54.1 Å². The van der Waals surface area contributed by atoms with Crippen molar-refractivity contribution >= 4 is 16.9 Å². The molecule has 6 N–H and O–H groups in total. The number of carbonyl (C=O) groups excluding carboxylic acids is 1. The number of hydrogen-bond acceptors (Lipinski definition) is 12. The van der Waals surface area contributed by atoms with Crippen LogP contribution in [0.15, 0.2) is 75.9 Å². The number of aromatic hydroxyl groups is 3. The first kappa shape index (κ1) is 27.0. The van der Waals surface area contributed by atoms with Crippen molar-refractivity contribution in [3.63, 3.8) is 0 Å². The standard InChI is InChI=1S/C28H24O12/c29-16-7-6-14(8-17(16)30)20-11-19(32)23-18(31)9-15(10-21(23)39-20)38-28-26(35)25(34)24(33)22(40-28)12-37-27(36)13-4-2-1-3-5-13/h1-11,22,24-26,28-31,33-35H,12H2/t22?,24-,25+,26?,28-/m1/s1. The number of esters is 1. The highest BCUT2D eigenvalue weighted by Crippen LogP contribution is 2.35. The van der Waals surface area contributed by atoms with E-state index in [0.29, 0.717) is 0 Å². The molecule has 12 heteroatoms. The second kappa shape index (κ2) is 10.9. The molecule has 0 aliphatic carbocycles. The van der Waals surface area contributed by atoms with Crippen LogP contribution in [-0.2, 0) is 9.47 Å². The molecule has 2 unspecified atom stereocenters. The lowest BCUT2D eigenvalue weighted by atomic mass is 9.99. The van der Waals surface area contributed by atoms with Gasteiger partial charge in [-0.3, -0.25) is 4.79 Å². The highest BCUT2D eigenvalue weighted by Gasteiger charge is 2.45. The van der Waals surface area contributed by atoms with Gasteiger partial charge in [0.1, 0.15) is 59.3 Å². The van der Waals surface area contributed by atoms with E-state index in [-0.39, 0.29) is 39.4 Å². The molecule has 208 valence electrons. The van der Waals surface area contributed by atoms with E-state index in [1.54, 1.807) is 18.2 Å². The number of hydrogen-bond donors (Lipinski definition) is 6. The first-order valence-electron chi connectivity index (χ1n) is 12.0. The molecule has 1 saturated heterocycles. The van der Waals surface area contributed by atoms with Crippen LogP contribution in [-0.4, -0.2) is 73.9 Å². The quantitative estimate of drug-likeness (QED) is 0.150. The Labute approximate surface area is 225 Å². The number of rotatable bonds is 6. The SMILES string of the molecule is O=C(OCC1O[C@@H](Oc2cc(O)c3c(=O)cc(-c4ccc(O)c(O)c4)oc3c2)C(O)[C@@H](O)[C@@H]1O)c1ccccc1. The molecule has 40 heavy (non-hydrogen) atoms. The van der Waals surface area contributed by atoms with Gasteiger partial charge in [-0.25, -0.2) is 4.79 Å². The molecule has 1 aliphatic rings. The van der Waals surface area contributed by atoms with Crippen LogP contribution in [0.4, 0.5) is 0 Å². The summed E-state index contributed by atoms with van der Waals surface area (Å²) in [5.41, 5.74) is -0.211. The van der Waals surface area contributed by atoms with Crippen molar-refractivity contribution in [3.8, 4) is 34.3 Å². The number of ether oxygens (including phenoxy) is 3. The number of phenolic OH excluding ortho intramolecular Hbond substituents is 3. The van der Waals surface area contributed by atoms with Gasteiger partial charge in [0.15, 0.2) is 16.9 Å². The second-order valence-corrected chi connectivity index (χ2v) is 9.09. The van der Waals surface area contributed by atoms with E-state index in [1.807, 2.05) is 0 Å². The average Bonchev–Trinajstić information content (AvgIpc) is 2.94. The third-order valence-electron chi connectivity index (χ3n) is 6.35. The molecule has 5 rings (SSSR count). The maximum atomic E-state index is 12.7. The maximum absolute atomic E-state index is 12.7. The Morgan fingerprint density at radius 3 is 2.30 bits per heavy atom. The van der Waals surface area contributed by atoms with Gasteiger partial charge in [-0.15, -0.1) is 0 Å². The predicted molar refractivity (Wildman–Crippen MR) is 137 cm³/mol. The number of benzene rings is 3. The number of aliphatic hydroxyl groups is 3. The lowest BCUT2D eigenvalue weighted by Gasteiger charge is -2.39. The van der Waals surface area contributed by atoms with Gasteiger partial charge in [0.2, 0.25) is 6.29 Å². The van der Waals surface area contributed by atoms with Crippen molar-refractivity contribution in [1.29, 1.82) is 0 Å². The fourth-order valence-corrected chi connectivity index (χ4v) is 4.23. The van der Waals surface area contributed by atoms with Crippen LogP contribution in [0, 0.1) is 0 Å². The fraction of sp³-hybridized carbons (Fsp3) is 0.214. The molecule has 0 spiro atoms. The van der Waals surface area contributed by atoms with Gasteiger partial charge in [0.05, 0.1) is 5.56 Å². The van der Waals surface area contributed by atoms with Crippen LogP contribution in [0.1, 0.15) is 10.4 Å². The number of phenols is 3. The molecule has 1 aliphatic heterocycles. The minimum atomic E-state index is -1.74. The Balaban J connectivity index is 1.38. The highest BCUT2D eigenvalue weighted by molar-refractivity contribution is 5.89. The van der Waals surface area contributed by atoms with E-state index in [1.165, 1.54) is 36.4 Å². The van der Waals surface area contributed by atoms with Crippen LogP contribution in [0.25, 0.3) is 22.3 Å². The molecule has 0 saturated carbocycles. The molecule has 0 radical (unpaired) electrons. The van der Waals surface area contributed by atoms with Crippen molar-refractivity contribution in [2.24, 2.45) is 0 Å². The second-order valence-electron chi connectivity index (χ2n) is 9.09. The van der Waals surface area contributed by atoms with E-state index in [2.05, 4.69) is 0 Å². The Bertz CT molecular complexity index is 1600. The molecule has 0 bridgehead atoms. The Morgan fingerprint density at radius 1 is 0.825 bits per heavy atom. The average molecular weight is 552 g/mol. The summed E-state index contributed by atoms with van der Waals surface area (Å²) < 4.78 is 22.1. The third kappa shape index (κ3) is 5.28. The summed E-state index contributed by atoms with van der Waals surface area (Å²) >= 11 is 0. The molecule has 0 amide bonds. The van der Waals surface area contributed by atoms with Gasteiger partial charge in [0.25, 0.3) is 0 Å². The minimum absolute atomic E-state index is 0.0112. The molecule has 3 aromatic carbocycles. The largest absolute Gasteiger partial charge is 0.507 e. The van der Waals surface area contributed by atoms with Crippen LogP contribution in [0.5, 0.6) is 23.0 Å². The maximum Gasteiger partial charge on any atom is 0.338 e. The van der Waals surface area contributed by atoms with Crippen molar-refractivity contribution in [1.82, 2.24) is 0 Å². The molecule has 5 atom stereocenters. The first-order chi connectivity index (χ1) is 19.1. The number of carbonyl (C=O) groups is 1. The lowest BCUT2D eigenvalue weighted by Crippen LogP contribution is -2.60. The molecular weight excluding hydrogens is 528 g/mol. The lowest BCUT2D eigenvalue weighted by molar-refractivity contribution is -0.277. The van der Waals surface area contributed by atoms with Gasteiger partial charge >= 0.3 is 5.97 Å². The predicted octanol–water partition coefficient (Wildman–Crippen LogP) is 1.62. The summed E-state index contributed by atoms with van der Waals surface area (Å²) in [4.78, 5) is 25.0. The van der Waals surface area contributed by atoms with E-state index >= 15 is 0 Å². The van der Waals surface area contributed by atoms with Gasteiger partial charge in [-0.2, -0.15) is 0 Å². The Hall–Kier alpha value is -4.62. The summed E-state index contributed by atoms with van der Waals surface area (Å²) in [6, 6.07) is 15.3. The van der Waals surface area contributed by atoms with E-state index in [9.17, 15) is 40.2 Å². The van der Waals surface area contributed by atoms with Gasteiger partial charge < -0.3 is 49.3 Å². The third-order valence-corrected chi connectivity index (χ3v) is 6.35. The Morgan fingerprint density at radius 2 is 1.57 bits per heavy atom. The fourth-order valence-electron chi connectivity index (χ4n) is 4.23. The zero-order chi connectivity index (χ0) is 28.6. The van der Waals surface area contributed by atoms with Crippen molar-refractivity contribution in [2.45, 2.75) is 30.7 Å². The zero-order valence-electron chi connectivity index (χ0n) is 20.6. The summed E-state index contributed by atoms with van der Waals surface area (Å²) in [5, 5.41) is 60.9. The number of fused-ring (bicyclic) bond motifs is 1. The normalized spacial score (nSPS) is 22.6. The topological polar surface area (TPSA) is 196 Å². The van der Waals surface area contributed by atoms with Crippen LogP contribution in [0.2, 0.25) is 0 Å². The molecule has 12 nitrogen and oxygen atoms in total. The summed E-state index contributed by atoms with van der Waals surface area (Å²) in [6.07, 6.45) is -7.96. The number of aliphatic hydroxyl groups excluding tert-OH is 3. The van der Waals surface area contributed by atoms with Crippen LogP contribution in [0.3, 0.4) is 0 Å². The minimum Gasteiger partial charge on any atom is -0.507 e. The van der Waals surface area contributed by atoms with E-state index < -0.39 is 60.2 Å². The summed E-state index contributed by atoms with van der Waals surface area (Å²) in [7, 11) is 0. The van der Waals surface area contributed by atoms with Gasteiger partial charge in [0, 0.05) is 23.8 Å². The van der Waals surface area contributed by atoms with Gasteiger partial charge in [-0.05, 0) is 30.3 Å². The van der Waals surface area contributed by atoms with Crippen molar-refractivity contribution in [3.05, 3.63) is 82.5 Å². The molecule has 1 fully saturated rings. The monoisotopic (exact) mass is 552 g/mol. The van der Waals surface area contributed by atoms with Crippen LogP contribution >= 0.6 is 0 Å². The molecule has 2 heterocycles. The van der Waals surface area contributed by atoms with E-state index in [4.69, 9.17) is 18.6 Å². The zero-order valence-corrected chi connectivity index (χ0v) is 20.6. The summed E-state index contributed by atoms with van der Waals surface area (Å²) in [5.74, 6) is -2.13. The molecule has 4 aromatic rings. The Kier molecular flexibility index (Phi) is 7.32. The van der Waals surface area contributed by atoms with Crippen molar-refractivity contribution in [2.75, 3.05) is 6.61 Å². The van der Waals surface area contributed by atoms with Crippen LogP contribution < -0.4 is 10.2 Å².